The Hall–Kier alpha value is -0.790. The third-order valence-corrected chi connectivity index (χ3v) is 2.16. The molecule has 0 aromatic heterocycles. The minimum Gasteiger partial charge on any atom is -0.339 e. The van der Waals surface area contributed by atoms with Crippen molar-refractivity contribution in [2.24, 2.45) is 0 Å². The van der Waals surface area contributed by atoms with Crippen molar-refractivity contribution < 1.29 is 4.79 Å². The average molecular weight is 153 g/mol. The number of hydrogen-bond donors (Lipinski definition) is 0. The summed E-state index contributed by atoms with van der Waals surface area (Å²) in [6.45, 7) is 5.68. The van der Waals surface area contributed by atoms with E-state index in [1.54, 1.807) is 0 Å². The standard InChI is InChI=1S/C9H15NO/c1-3-8(2)9(11)10-6-4-5-7-10/h3H,4-7H2,1-2H3/b8-3+. The minimum atomic E-state index is 0.213. The van der Waals surface area contributed by atoms with E-state index in [0.717, 1.165) is 18.7 Å². The number of likely N-dealkylation sites (tertiary alicyclic amines) is 1. The maximum atomic E-state index is 11.4. The third-order valence-electron chi connectivity index (χ3n) is 2.16. The van der Waals surface area contributed by atoms with Crippen LogP contribution in [0.3, 0.4) is 0 Å². The lowest BCUT2D eigenvalue weighted by molar-refractivity contribution is -0.126. The molecule has 0 aliphatic carbocycles. The summed E-state index contributed by atoms with van der Waals surface area (Å²) in [6.07, 6.45) is 4.21. The third kappa shape index (κ3) is 1.82. The first kappa shape index (κ1) is 8.31. The second kappa shape index (κ2) is 3.56. The zero-order chi connectivity index (χ0) is 8.27. The van der Waals surface area contributed by atoms with E-state index in [0.29, 0.717) is 0 Å². The second-order valence-corrected chi connectivity index (χ2v) is 2.97. The summed E-state index contributed by atoms with van der Waals surface area (Å²) in [4.78, 5) is 13.4. The van der Waals surface area contributed by atoms with Crippen molar-refractivity contribution in [2.45, 2.75) is 26.7 Å². The van der Waals surface area contributed by atoms with Crippen LogP contribution in [-0.4, -0.2) is 23.9 Å². The lowest BCUT2D eigenvalue weighted by Gasteiger charge is -2.14. The van der Waals surface area contributed by atoms with E-state index in [2.05, 4.69) is 0 Å². The molecule has 2 heteroatoms. The van der Waals surface area contributed by atoms with Crippen molar-refractivity contribution in [1.82, 2.24) is 4.90 Å². The normalized spacial score (nSPS) is 19.1. The van der Waals surface area contributed by atoms with Gasteiger partial charge in [-0.15, -0.1) is 0 Å². The fraction of sp³-hybridized carbons (Fsp3) is 0.667. The molecular weight excluding hydrogens is 138 g/mol. The molecule has 0 aromatic rings. The molecule has 11 heavy (non-hydrogen) atoms. The van der Waals surface area contributed by atoms with E-state index in [1.807, 2.05) is 24.8 Å². The van der Waals surface area contributed by atoms with Gasteiger partial charge in [-0.3, -0.25) is 4.79 Å². The molecule has 0 N–H and O–H groups in total. The van der Waals surface area contributed by atoms with Crippen LogP contribution >= 0.6 is 0 Å². The van der Waals surface area contributed by atoms with Gasteiger partial charge in [0.1, 0.15) is 0 Å². The molecule has 0 radical (unpaired) electrons. The fourth-order valence-corrected chi connectivity index (χ4v) is 1.29. The Balaban J connectivity index is 2.53. The number of rotatable bonds is 1. The molecule has 0 spiro atoms. The van der Waals surface area contributed by atoms with Gasteiger partial charge in [0, 0.05) is 18.7 Å². The van der Waals surface area contributed by atoms with Gasteiger partial charge in [0.15, 0.2) is 0 Å². The highest BCUT2D eigenvalue weighted by Gasteiger charge is 2.17. The first-order valence-electron chi connectivity index (χ1n) is 4.18. The smallest absolute Gasteiger partial charge is 0.249 e. The number of carbonyl (C=O) groups is 1. The maximum Gasteiger partial charge on any atom is 0.249 e. The molecule has 0 unspecified atom stereocenters. The highest BCUT2D eigenvalue weighted by atomic mass is 16.2. The van der Waals surface area contributed by atoms with Crippen LogP contribution in [0.25, 0.3) is 0 Å². The molecule has 0 atom stereocenters. The molecule has 1 fully saturated rings. The Labute approximate surface area is 67.9 Å². The lowest BCUT2D eigenvalue weighted by atomic mass is 10.2. The van der Waals surface area contributed by atoms with Crippen molar-refractivity contribution in [3.8, 4) is 0 Å². The first-order valence-corrected chi connectivity index (χ1v) is 4.18. The van der Waals surface area contributed by atoms with Crippen molar-refractivity contribution in [3.63, 3.8) is 0 Å². The topological polar surface area (TPSA) is 20.3 Å². The van der Waals surface area contributed by atoms with Crippen molar-refractivity contribution >= 4 is 5.91 Å². The van der Waals surface area contributed by atoms with Gasteiger partial charge in [-0.25, -0.2) is 0 Å². The van der Waals surface area contributed by atoms with Crippen LogP contribution in [0.2, 0.25) is 0 Å². The van der Waals surface area contributed by atoms with Crippen molar-refractivity contribution in [3.05, 3.63) is 11.6 Å². The number of hydrogen-bond acceptors (Lipinski definition) is 1. The average Bonchev–Trinajstić information content (AvgIpc) is 2.53. The van der Waals surface area contributed by atoms with E-state index < -0.39 is 0 Å². The van der Waals surface area contributed by atoms with Crippen LogP contribution < -0.4 is 0 Å². The van der Waals surface area contributed by atoms with E-state index in [-0.39, 0.29) is 5.91 Å². The quantitative estimate of drug-likeness (QED) is 0.524. The van der Waals surface area contributed by atoms with Crippen LogP contribution in [0.4, 0.5) is 0 Å². The van der Waals surface area contributed by atoms with Crippen molar-refractivity contribution in [2.75, 3.05) is 13.1 Å². The molecule has 1 amide bonds. The molecule has 0 aromatic carbocycles. The highest BCUT2D eigenvalue weighted by molar-refractivity contribution is 5.92. The van der Waals surface area contributed by atoms with E-state index in [4.69, 9.17) is 0 Å². The van der Waals surface area contributed by atoms with Crippen LogP contribution in [-0.2, 0) is 4.79 Å². The predicted molar refractivity (Wildman–Crippen MR) is 45.2 cm³/mol. The SMILES string of the molecule is C/C=C(\C)C(=O)N1CCCC1. The molecule has 1 heterocycles. The summed E-state index contributed by atoms with van der Waals surface area (Å²) < 4.78 is 0. The summed E-state index contributed by atoms with van der Waals surface area (Å²) in [5.41, 5.74) is 0.868. The molecule has 1 aliphatic heterocycles. The summed E-state index contributed by atoms with van der Waals surface area (Å²) in [5, 5.41) is 0. The number of allylic oxidation sites excluding steroid dienone is 1. The summed E-state index contributed by atoms with van der Waals surface area (Å²) >= 11 is 0. The molecule has 62 valence electrons. The van der Waals surface area contributed by atoms with Gasteiger partial charge >= 0.3 is 0 Å². The molecule has 1 saturated heterocycles. The minimum absolute atomic E-state index is 0.213. The zero-order valence-corrected chi connectivity index (χ0v) is 7.26. The molecule has 1 aliphatic rings. The van der Waals surface area contributed by atoms with Gasteiger partial charge in [0.25, 0.3) is 0 Å². The van der Waals surface area contributed by atoms with Crippen LogP contribution in [0.5, 0.6) is 0 Å². The van der Waals surface area contributed by atoms with Crippen molar-refractivity contribution in [1.29, 1.82) is 0 Å². The Morgan fingerprint density at radius 2 is 1.91 bits per heavy atom. The summed E-state index contributed by atoms with van der Waals surface area (Å²) in [7, 11) is 0. The number of carbonyl (C=O) groups excluding carboxylic acids is 1. The molecule has 0 bridgehead atoms. The van der Waals surface area contributed by atoms with Gasteiger partial charge in [-0.1, -0.05) is 6.08 Å². The van der Waals surface area contributed by atoms with Gasteiger partial charge in [0.2, 0.25) is 5.91 Å². The molecule has 0 saturated carbocycles. The first-order chi connectivity index (χ1) is 5.25. The van der Waals surface area contributed by atoms with Gasteiger partial charge in [0.05, 0.1) is 0 Å². The van der Waals surface area contributed by atoms with Gasteiger partial charge in [-0.2, -0.15) is 0 Å². The molecule has 1 rings (SSSR count). The number of amides is 1. The van der Waals surface area contributed by atoms with E-state index in [1.165, 1.54) is 12.8 Å². The Bertz CT molecular complexity index is 178. The monoisotopic (exact) mass is 153 g/mol. The Kier molecular flexibility index (Phi) is 2.69. The Morgan fingerprint density at radius 1 is 1.36 bits per heavy atom. The highest BCUT2D eigenvalue weighted by Crippen LogP contribution is 2.10. The zero-order valence-electron chi connectivity index (χ0n) is 7.26. The second-order valence-electron chi connectivity index (χ2n) is 2.97. The summed E-state index contributed by atoms with van der Waals surface area (Å²) in [5.74, 6) is 0.213. The van der Waals surface area contributed by atoms with E-state index in [9.17, 15) is 4.79 Å². The van der Waals surface area contributed by atoms with Gasteiger partial charge in [-0.05, 0) is 26.7 Å². The molecular formula is C9H15NO. The van der Waals surface area contributed by atoms with E-state index >= 15 is 0 Å². The van der Waals surface area contributed by atoms with Crippen LogP contribution in [0, 0.1) is 0 Å². The molecule has 2 nitrogen and oxygen atoms in total. The number of nitrogens with zero attached hydrogens (tertiary/aromatic N) is 1. The summed E-state index contributed by atoms with van der Waals surface area (Å²) in [6, 6.07) is 0. The van der Waals surface area contributed by atoms with Crippen LogP contribution in [0.1, 0.15) is 26.7 Å². The lowest BCUT2D eigenvalue weighted by Crippen LogP contribution is -2.28. The maximum absolute atomic E-state index is 11.4. The van der Waals surface area contributed by atoms with Crippen LogP contribution in [0.15, 0.2) is 11.6 Å². The predicted octanol–water partition coefficient (Wildman–Crippen LogP) is 1.58. The van der Waals surface area contributed by atoms with Gasteiger partial charge < -0.3 is 4.90 Å². The largest absolute Gasteiger partial charge is 0.339 e. The fourth-order valence-electron chi connectivity index (χ4n) is 1.29. The Morgan fingerprint density at radius 3 is 2.36 bits per heavy atom.